The highest BCUT2D eigenvalue weighted by molar-refractivity contribution is 8.03. The summed E-state index contributed by atoms with van der Waals surface area (Å²) in [5, 5.41) is 1.07. The third kappa shape index (κ3) is 2.71. The molecule has 0 N–H and O–H groups in total. The van der Waals surface area contributed by atoms with Gasteiger partial charge >= 0.3 is 0 Å². The first-order valence-electron chi connectivity index (χ1n) is 7.05. The normalized spacial score (nSPS) is 22.2. The van der Waals surface area contributed by atoms with E-state index < -0.39 is 0 Å². The zero-order valence-corrected chi connectivity index (χ0v) is 12.1. The molecule has 0 aromatic carbocycles. The van der Waals surface area contributed by atoms with Gasteiger partial charge in [0.25, 0.3) is 0 Å². The van der Waals surface area contributed by atoms with Gasteiger partial charge in [-0.3, -0.25) is 0 Å². The lowest BCUT2D eigenvalue weighted by Gasteiger charge is -2.24. The minimum Gasteiger partial charge on any atom is -0.498 e. The Morgan fingerprint density at radius 1 is 1.37 bits per heavy atom. The molecular weight excluding hydrogens is 254 g/mol. The topological polar surface area (TPSA) is 22.1 Å². The molecule has 0 bridgehead atoms. The van der Waals surface area contributed by atoms with Gasteiger partial charge in [0, 0.05) is 17.0 Å². The predicted octanol–water partition coefficient (Wildman–Crippen LogP) is 4.55. The Morgan fingerprint density at radius 3 is 3.11 bits per heavy atom. The Bertz CT molecular complexity index is 507. The van der Waals surface area contributed by atoms with Crippen LogP contribution >= 0.6 is 11.8 Å². The van der Waals surface area contributed by atoms with Gasteiger partial charge < -0.3 is 4.74 Å². The molecule has 1 fully saturated rings. The van der Waals surface area contributed by atoms with Crippen molar-refractivity contribution in [2.45, 2.75) is 37.6 Å². The molecule has 19 heavy (non-hydrogen) atoms. The summed E-state index contributed by atoms with van der Waals surface area (Å²) in [6.45, 7) is 2.82. The van der Waals surface area contributed by atoms with Crippen LogP contribution in [-0.2, 0) is 4.74 Å². The average molecular weight is 273 g/mol. The van der Waals surface area contributed by atoms with Gasteiger partial charge in [-0.2, -0.15) is 0 Å². The van der Waals surface area contributed by atoms with E-state index in [2.05, 4.69) is 24.1 Å². The summed E-state index contributed by atoms with van der Waals surface area (Å²) in [4.78, 5) is 5.78. The Morgan fingerprint density at radius 2 is 2.32 bits per heavy atom. The Balaban J connectivity index is 1.84. The molecule has 1 aromatic heterocycles. The van der Waals surface area contributed by atoms with Gasteiger partial charge in [0.15, 0.2) is 0 Å². The fourth-order valence-electron chi connectivity index (χ4n) is 2.87. The number of thioether (sulfide) groups is 1. The second kappa shape index (κ2) is 5.83. The van der Waals surface area contributed by atoms with Crippen LogP contribution in [-0.4, -0.2) is 11.6 Å². The average Bonchev–Trinajstić information content (AvgIpc) is 2.79. The predicted molar refractivity (Wildman–Crippen MR) is 78.8 cm³/mol. The van der Waals surface area contributed by atoms with Gasteiger partial charge in [-0.05, 0) is 50.0 Å². The number of hydrogen-bond donors (Lipinski definition) is 0. The van der Waals surface area contributed by atoms with Gasteiger partial charge in [-0.1, -0.05) is 24.2 Å². The maximum absolute atomic E-state index is 5.83. The van der Waals surface area contributed by atoms with Crippen LogP contribution in [0, 0.1) is 5.92 Å². The molecule has 0 spiro atoms. The highest BCUT2D eigenvalue weighted by atomic mass is 32.2. The summed E-state index contributed by atoms with van der Waals surface area (Å²) in [6, 6.07) is 6.07. The third-order valence-corrected chi connectivity index (χ3v) is 4.76. The largest absolute Gasteiger partial charge is 0.498 e. The Labute approximate surface area is 119 Å². The lowest BCUT2D eigenvalue weighted by atomic mass is 9.86. The number of aromatic nitrogens is 1. The second-order valence-electron chi connectivity index (χ2n) is 4.94. The van der Waals surface area contributed by atoms with Gasteiger partial charge in [0.1, 0.15) is 10.8 Å². The fraction of sp³-hybridized carbons (Fsp3) is 0.438. The molecule has 1 atom stereocenters. The number of rotatable bonds is 4. The fourth-order valence-corrected chi connectivity index (χ4v) is 3.90. The van der Waals surface area contributed by atoms with E-state index in [1.807, 2.05) is 18.3 Å². The van der Waals surface area contributed by atoms with Crippen LogP contribution in [0.4, 0.5) is 0 Å². The van der Waals surface area contributed by atoms with Crippen molar-refractivity contribution in [3.63, 3.8) is 0 Å². The van der Waals surface area contributed by atoms with Crippen molar-refractivity contribution in [1.82, 2.24) is 4.98 Å². The number of allylic oxidation sites excluding steroid dienone is 2. The summed E-state index contributed by atoms with van der Waals surface area (Å²) in [5.41, 5.74) is 1.57. The van der Waals surface area contributed by atoms with E-state index in [9.17, 15) is 0 Å². The summed E-state index contributed by atoms with van der Waals surface area (Å²) >= 11 is 1.78. The SMILES string of the molecule is CCOC1=CC(Sc2ccccn2)=C2CCCCC12. The van der Waals surface area contributed by atoms with Crippen LogP contribution in [0.2, 0.25) is 0 Å². The van der Waals surface area contributed by atoms with Crippen LogP contribution in [0.25, 0.3) is 0 Å². The zero-order valence-electron chi connectivity index (χ0n) is 11.3. The molecule has 2 aliphatic rings. The quantitative estimate of drug-likeness (QED) is 0.803. The summed E-state index contributed by atoms with van der Waals surface area (Å²) in [5.74, 6) is 1.72. The number of pyridine rings is 1. The second-order valence-corrected chi connectivity index (χ2v) is 6.00. The van der Waals surface area contributed by atoms with Crippen molar-refractivity contribution >= 4 is 11.8 Å². The van der Waals surface area contributed by atoms with Crippen LogP contribution in [0.15, 0.2) is 51.7 Å². The molecule has 1 heterocycles. The van der Waals surface area contributed by atoms with Gasteiger partial charge in [0.2, 0.25) is 0 Å². The molecule has 100 valence electrons. The summed E-state index contributed by atoms with van der Waals surface area (Å²) < 4.78 is 5.83. The molecular formula is C16H19NOS. The van der Waals surface area contributed by atoms with Gasteiger partial charge in [-0.15, -0.1) is 0 Å². The van der Waals surface area contributed by atoms with E-state index in [1.54, 1.807) is 17.3 Å². The molecule has 0 radical (unpaired) electrons. The Kier molecular flexibility index (Phi) is 3.92. The number of hydrogen-bond acceptors (Lipinski definition) is 3. The number of fused-ring (bicyclic) bond motifs is 1. The van der Waals surface area contributed by atoms with Crippen LogP contribution in [0.3, 0.4) is 0 Å². The van der Waals surface area contributed by atoms with E-state index >= 15 is 0 Å². The first-order chi connectivity index (χ1) is 9.38. The minimum absolute atomic E-state index is 0.542. The molecule has 1 saturated carbocycles. The van der Waals surface area contributed by atoms with Gasteiger partial charge in [-0.25, -0.2) is 4.98 Å². The summed E-state index contributed by atoms with van der Waals surface area (Å²) in [7, 11) is 0. The lowest BCUT2D eigenvalue weighted by molar-refractivity contribution is 0.194. The molecule has 2 nitrogen and oxygen atoms in total. The third-order valence-electron chi connectivity index (χ3n) is 3.71. The van der Waals surface area contributed by atoms with Gasteiger partial charge in [0.05, 0.1) is 6.61 Å². The molecule has 1 aromatic rings. The minimum atomic E-state index is 0.542. The van der Waals surface area contributed by atoms with E-state index in [4.69, 9.17) is 4.74 Å². The zero-order chi connectivity index (χ0) is 13.1. The van der Waals surface area contributed by atoms with Crippen LogP contribution in [0.5, 0.6) is 0 Å². The standard InChI is InChI=1S/C16H19NOS/c1-2-18-14-11-15(13-8-4-3-7-12(13)14)19-16-9-5-6-10-17-16/h5-6,9-12H,2-4,7-8H2,1H3. The first-order valence-corrected chi connectivity index (χ1v) is 7.86. The molecule has 3 heteroatoms. The molecule has 2 aliphatic carbocycles. The molecule has 0 saturated heterocycles. The highest BCUT2D eigenvalue weighted by Gasteiger charge is 2.31. The first kappa shape index (κ1) is 12.8. The van der Waals surface area contributed by atoms with Crippen molar-refractivity contribution in [2.24, 2.45) is 5.92 Å². The molecule has 3 rings (SSSR count). The van der Waals surface area contributed by atoms with E-state index in [-0.39, 0.29) is 0 Å². The maximum Gasteiger partial charge on any atom is 0.104 e. The van der Waals surface area contributed by atoms with Crippen molar-refractivity contribution in [3.8, 4) is 0 Å². The monoisotopic (exact) mass is 273 g/mol. The van der Waals surface area contributed by atoms with E-state index in [1.165, 1.54) is 36.3 Å². The van der Waals surface area contributed by atoms with Crippen molar-refractivity contribution in [3.05, 3.63) is 46.7 Å². The van der Waals surface area contributed by atoms with Crippen molar-refractivity contribution < 1.29 is 4.74 Å². The van der Waals surface area contributed by atoms with Crippen molar-refractivity contribution in [1.29, 1.82) is 0 Å². The van der Waals surface area contributed by atoms with Crippen molar-refractivity contribution in [2.75, 3.05) is 6.61 Å². The number of nitrogens with zero attached hydrogens (tertiary/aromatic N) is 1. The highest BCUT2D eigenvalue weighted by Crippen LogP contribution is 2.46. The van der Waals surface area contributed by atoms with E-state index in [0.29, 0.717) is 5.92 Å². The Hall–Kier alpha value is -1.22. The summed E-state index contributed by atoms with van der Waals surface area (Å²) in [6.07, 6.45) is 9.19. The molecule has 0 aliphatic heterocycles. The smallest absolute Gasteiger partial charge is 0.104 e. The molecule has 0 amide bonds. The lowest BCUT2D eigenvalue weighted by Crippen LogP contribution is -2.11. The number of ether oxygens (including phenoxy) is 1. The van der Waals surface area contributed by atoms with Crippen LogP contribution < -0.4 is 0 Å². The van der Waals surface area contributed by atoms with Crippen LogP contribution in [0.1, 0.15) is 32.6 Å². The maximum atomic E-state index is 5.83. The molecule has 1 unspecified atom stereocenters. The van der Waals surface area contributed by atoms with E-state index in [0.717, 1.165) is 11.6 Å².